The predicted octanol–water partition coefficient (Wildman–Crippen LogP) is 1.19. The number of halogens is 1. The largest absolute Gasteiger partial charge is 0.384 e. The van der Waals surface area contributed by atoms with Crippen LogP contribution >= 0.6 is 11.6 Å². The summed E-state index contributed by atoms with van der Waals surface area (Å²) in [6.07, 6.45) is 2.10. The highest BCUT2D eigenvalue weighted by Gasteiger charge is 1.97. The molecule has 0 aliphatic rings. The topological polar surface area (TPSA) is 68.0 Å². The minimum Gasteiger partial charge on any atom is -0.384 e. The van der Waals surface area contributed by atoms with Crippen molar-refractivity contribution in [3.63, 3.8) is 0 Å². The highest BCUT2D eigenvalue weighted by Crippen LogP contribution is 2.15. The second-order valence-electron chi connectivity index (χ2n) is 3.12. The number of carbonyl (C=O) groups is 1. The van der Waals surface area contributed by atoms with Crippen molar-refractivity contribution in [2.75, 3.05) is 12.3 Å². The summed E-state index contributed by atoms with van der Waals surface area (Å²) in [5.41, 5.74) is 6.08. The highest BCUT2D eigenvalue weighted by molar-refractivity contribution is 6.31. The Balaban J connectivity index is 2.53. The third-order valence-corrected chi connectivity index (χ3v) is 2.03. The first kappa shape index (κ1) is 12.3. The summed E-state index contributed by atoms with van der Waals surface area (Å²) < 4.78 is 0. The second kappa shape index (κ2) is 5.99. The van der Waals surface area contributed by atoms with Crippen molar-refractivity contribution in [1.29, 1.82) is 0 Å². The van der Waals surface area contributed by atoms with Gasteiger partial charge in [-0.1, -0.05) is 23.4 Å². The van der Waals surface area contributed by atoms with Gasteiger partial charge in [0.05, 0.1) is 10.6 Å². The molecule has 4 nitrogen and oxygen atoms in total. The van der Waals surface area contributed by atoms with Crippen LogP contribution in [0, 0.1) is 11.8 Å². The van der Waals surface area contributed by atoms with Gasteiger partial charge in [0.1, 0.15) is 5.82 Å². The summed E-state index contributed by atoms with van der Waals surface area (Å²) >= 11 is 5.90. The molecular weight excluding hydrogens is 226 g/mol. The van der Waals surface area contributed by atoms with Gasteiger partial charge in [-0.25, -0.2) is 4.98 Å². The van der Waals surface area contributed by atoms with Crippen LogP contribution in [0.25, 0.3) is 0 Å². The van der Waals surface area contributed by atoms with E-state index >= 15 is 0 Å². The van der Waals surface area contributed by atoms with Crippen LogP contribution in [-0.2, 0) is 4.79 Å². The van der Waals surface area contributed by atoms with Crippen molar-refractivity contribution in [3.05, 3.63) is 22.8 Å². The van der Waals surface area contributed by atoms with Crippen LogP contribution in [0.15, 0.2) is 12.3 Å². The number of aromatic nitrogens is 1. The third kappa shape index (κ3) is 4.20. The maximum Gasteiger partial charge on any atom is 0.216 e. The number of pyridine rings is 1. The van der Waals surface area contributed by atoms with Gasteiger partial charge in [0, 0.05) is 32.2 Å². The van der Waals surface area contributed by atoms with E-state index in [4.69, 9.17) is 17.3 Å². The molecule has 0 spiro atoms. The fraction of sp³-hybridized carbons (Fsp3) is 0.273. The Morgan fingerprint density at radius 2 is 2.44 bits per heavy atom. The molecule has 0 aromatic carbocycles. The molecule has 0 bridgehead atoms. The zero-order valence-electron chi connectivity index (χ0n) is 8.88. The van der Waals surface area contributed by atoms with Crippen LogP contribution in [0.3, 0.4) is 0 Å². The highest BCUT2D eigenvalue weighted by atomic mass is 35.5. The Hall–Kier alpha value is -1.73. The van der Waals surface area contributed by atoms with E-state index in [9.17, 15) is 4.79 Å². The van der Waals surface area contributed by atoms with Crippen molar-refractivity contribution in [2.45, 2.75) is 13.3 Å². The van der Waals surface area contributed by atoms with E-state index in [-0.39, 0.29) is 5.91 Å². The van der Waals surface area contributed by atoms with Crippen LogP contribution in [0.5, 0.6) is 0 Å². The molecule has 0 saturated carbocycles. The summed E-state index contributed by atoms with van der Waals surface area (Å²) in [4.78, 5) is 14.5. The minimum absolute atomic E-state index is 0.0611. The van der Waals surface area contributed by atoms with Gasteiger partial charge in [-0.2, -0.15) is 0 Å². The summed E-state index contributed by atoms with van der Waals surface area (Å²) in [5.74, 6) is 6.06. The zero-order valence-corrected chi connectivity index (χ0v) is 9.64. The van der Waals surface area contributed by atoms with E-state index in [0.717, 1.165) is 0 Å². The van der Waals surface area contributed by atoms with Crippen molar-refractivity contribution in [3.8, 4) is 11.8 Å². The smallest absolute Gasteiger partial charge is 0.216 e. The number of nitrogens with zero attached hydrogens (tertiary/aromatic N) is 1. The van der Waals surface area contributed by atoms with Gasteiger partial charge < -0.3 is 11.1 Å². The third-order valence-electron chi connectivity index (χ3n) is 1.72. The van der Waals surface area contributed by atoms with Crippen molar-refractivity contribution < 1.29 is 4.79 Å². The quantitative estimate of drug-likeness (QED) is 0.600. The lowest BCUT2D eigenvalue weighted by molar-refractivity contribution is -0.118. The molecule has 1 rings (SSSR count). The summed E-state index contributed by atoms with van der Waals surface area (Å²) in [5, 5.41) is 3.13. The second-order valence-corrected chi connectivity index (χ2v) is 3.53. The molecule has 0 atom stereocenters. The summed E-state index contributed by atoms with van der Waals surface area (Å²) in [6.45, 7) is 2.00. The van der Waals surface area contributed by atoms with Gasteiger partial charge in [0.25, 0.3) is 0 Å². The Kier molecular flexibility index (Phi) is 4.62. The number of anilines is 1. The maximum atomic E-state index is 10.6. The Morgan fingerprint density at radius 1 is 1.69 bits per heavy atom. The number of nitrogens with two attached hydrogens (primary N) is 1. The number of hydrogen-bond acceptors (Lipinski definition) is 3. The van der Waals surface area contributed by atoms with E-state index in [1.165, 1.54) is 13.1 Å². The monoisotopic (exact) mass is 237 g/mol. The number of amides is 1. The molecule has 0 saturated heterocycles. The number of nitrogens with one attached hydrogen (secondary N) is 1. The van der Waals surface area contributed by atoms with E-state index in [0.29, 0.717) is 29.4 Å². The Labute approximate surface area is 99.2 Å². The van der Waals surface area contributed by atoms with E-state index in [1.807, 2.05) is 0 Å². The van der Waals surface area contributed by atoms with E-state index in [1.54, 1.807) is 6.07 Å². The summed E-state index contributed by atoms with van der Waals surface area (Å²) in [7, 11) is 0. The molecule has 3 N–H and O–H groups in total. The molecule has 16 heavy (non-hydrogen) atoms. The lowest BCUT2D eigenvalue weighted by Crippen LogP contribution is -2.20. The molecule has 5 heteroatoms. The minimum atomic E-state index is -0.0611. The standard InChI is InChI=1S/C11H12ClN3O/c1-8(16)14-5-3-2-4-9-7-15-11(13)6-10(9)12/h6-7H,3,5H2,1H3,(H2,13,15)(H,14,16). The van der Waals surface area contributed by atoms with Crippen LogP contribution in [0.4, 0.5) is 5.82 Å². The molecule has 0 aliphatic carbocycles. The maximum absolute atomic E-state index is 10.6. The van der Waals surface area contributed by atoms with Gasteiger partial charge in [-0.15, -0.1) is 0 Å². The van der Waals surface area contributed by atoms with Crippen LogP contribution in [0.1, 0.15) is 18.9 Å². The van der Waals surface area contributed by atoms with E-state index in [2.05, 4.69) is 22.1 Å². The lowest BCUT2D eigenvalue weighted by atomic mass is 10.2. The fourth-order valence-electron chi connectivity index (χ4n) is 0.996. The average Bonchev–Trinajstić information content (AvgIpc) is 2.20. The molecule has 0 unspecified atom stereocenters. The van der Waals surface area contributed by atoms with Crippen molar-refractivity contribution in [1.82, 2.24) is 10.3 Å². The van der Waals surface area contributed by atoms with Gasteiger partial charge >= 0.3 is 0 Å². The van der Waals surface area contributed by atoms with Crippen molar-refractivity contribution in [2.24, 2.45) is 0 Å². The molecule has 1 amide bonds. The lowest BCUT2D eigenvalue weighted by Gasteiger charge is -1.97. The molecule has 0 aliphatic heterocycles. The van der Waals surface area contributed by atoms with Gasteiger partial charge in [-0.3, -0.25) is 4.79 Å². The number of carbonyl (C=O) groups excluding carboxylic acids is 1. The van der Waals surface area contributed by atoms with Gasteiger partial charge in [-0.05, 0) is 0 Å². The molecule has 0 fully saturated rings. The molecule has 1 heterocycles. The molecule has 1 aromatic rings. The van der Waals surface area contributed by atoms with E-state index < -0.39 is 0 Å². The van der Waals surface area contributed by atoms with Crippen molar-refractivity contribution >= 4 is 23.3 Å². The normalized spacial score (nSPS) is 9.12. The SMILES string of the molecule is CC(=O)NCCC#Cc1cnc(N)cc1Cl. The molecule has 0 radical (unpaired) electrons. The number of hydrogen-bond donors (Lipinski definition) is 2. The van der Waals surface area contributed by atoms with Crippen LogP contribution < -0.4 is 11.1 Å². The number of nitrogen functional groups attached to an aromatic ring is 1. The molecule has 84 valence electrons. The average molecular weight is 238 g/mol. The fourth-order valence-corrected chi connectivity index (χ4v) is 1.20. The van der Waals surface area contributed by atoms with Crippen LogP contribution in [0.2, 0.25) is 5.02 Å². The predicted molar refractivity (Wildman–Crippen MR) is 63.8 cm³/mol. The zero-order chi connectivity index (χ0) is 12.0. The molecular formula is C11H12ClN3O. The Morgan fingerprint density at radius 3 is 3.06 bits per heavy atom. The van der Waals surface area contributed by atoms with Gasteiger partial charge in [0.2, 0.25) is 5.91 Å². The first-order valence-electron chi connectivity index (χ1n) is 4.74. The number of rotatable bonds is 2. The summed E-state index contributed by atoms with van der Waals surface area (Å²) in [6, 6.07) is 1.55. The Bertz CT molecular complexity index is 448. The first-order valence-corrected chi connectivity index (χ1v) is 5.11. The molecule has 1 aromatic heterocycles. The van der Waals surface area contributed by atoms with Crippen LogP contribution in [-0.4, -0.2) is 17.4 Å². The first-order chi connectivity index (χ1) is 7.59. The van der Waals surface area contributed by atoms with Gasteiger partial charge in [0.15, 0.2) is 0 Å².